The predicted molar refractivity (Wildman–Crippen MR) is 66.1 cm³/mol. The number of carbonyl (C=O) groups excluding carboxylic acids is 1. The van der Waals surface area contributed by atoms with Gasteiger partial charge in [0.25, 0.3) is 0 Å². The number of allylic oxidation sites excluding steroid dienone is 1. The Morgan fingerprint density at radius 3 is 2.88 bits per heavy atom. The van der Waals surface area contributed by atoms with Crippen LogP contribution in [0.4, 0.5) is 0 Å². The number of unbranched alkanes of at least 4 members (excludes halogenated alkanes) is 1. The zero-order chi connectivity index (χ0) is 12.0. The van der Waals surface area contributed by atoms with E-state index in [2.05, 4.69) is 6.58 Å². The van der Waals surface area contributed by atoms with Crippen molar-refractivity contribution in [2.75, 3.05) is 6.61 Å². The molecule has 86 valence electrons. The molecule has 2 nitrogen and oxygen atoms in total. The molecular weight excluding hydrogens is 200 g/mol. The molecule has 0 amide bonds. The number of rotatable bonds is 6. The minimum atomic E-state index is 0.0405. The van der Waals surface area contributed by atoms with Gasteiger partial charge < -0.3 is 4.74 Å². The van der Waals surface area contributed by atoms with E-state index in [0.717, 1.165) is 18.4 Å². The van der Waals surface area contributed by atoms with Crippen LogP contribution in [0, 0.1) is 6.92 Å². The number of benzene rings is 1. The number of ether oxygens (including phenoxy) is 1. The summed E-state index contributed by atoms with van der Waals surface area (Å²) in [6.45, 7) is 7.82. The molecule has 0 unspecified atom stereocenters. The largest absolute Gasteiger partial charge is 0.493 e. The Morgan fingerprint density at radius 1 is 1.50 bits per heavy atom. The molecule has 1 aromatic carbocycles. The fourth-order valence-corrected chi connectivity index (χ4v) is 1.45. The average Bonchev–Trinajstić information content (AvgIpc) is 2.24. The van der Waals surface area contributed by atoms with Gasteiger partial charge in [-0.2, -0.15) is 0 Å². The Labute approximate surface area is 96.9 Å². The number of carbonyl (C=O) groups is 1. The van der Waals surface area contributed by atoms with Gasteiger partial charge in [-0.05, 0) is 44.4 Å². The molecule has 0 atom stereocenters. The van der Waals surface area contributed by atoms with Crippen LogP contribution in [0.2, 0.25) is 0 Å². The van der Waals surface area contributed by atoms with Crippen LogP contribution in [0.5, 0.6) is 5.75 Å². The molecule has 0 radical (unpaired) electrons. The lowest BCUT2D eigenvalue weighted by molar-refractivity contribution is 0.101. The van der Waals surface area contributed by atoms with E-state index in [9.17, 15) is 4.79 Å². The van der Waals surface area contributed by atoms with E-state index in [1.54, 1.807) is 6.92 Å². The molecule has 0 aliphatic carbocycles. The van der Waals surface area contributed by atoms with E-state index in [1.165, 1.54) is 0 Å². The number of hydrogen-bond acceptors (Lipinski definition) is 2. The summed E-state index contributed by atoms with van der Waals surface area (Å²) in [5.41, 5.74) is 1.76. The molecule has 0 saturated carbocycles. The molecule has 0 aromatic heterocycles. The molecule has 1 aromatic rings. The summed E-state index contributed by atoms with van der Waals surface area (Å²) < 4.78 is 5.61. The molecule has 0 aliphatic rings. The van der Waals surface area contributed by atoms with Crippen molar-refractivity contribution in [1.82, 2.24) is 0 Å². The maximum absolute atomic E-state index is 11.4. The molecule has 1 rings (SSSR count). The van der Waals surface area contributed by atoms with Gasteiger partial charge in [-0.15, -0.1) is 6.58 Å². The summed E-state index contributed by atoms with van der Waals surface area (Å²) in [5, 5.41) is 0. The highest BCUT2D eigenvalue weighted by atomic mass is 16.5. The number of hydrogen-bond donors (Lipinski definition) is 0. The number of aryl methyl sites for hydroxylation is 1. The van der Waals surface area contributed by atoms with Gasteiger partial charge in [0.15, 0.2) is 5.78 Å². The fourth-order valence-electron chi connectivity index (χ4n) is 1.45. The molecule has 0 heterocycles. The van der Waals surface area contributed by atoms with Crippen LogP contribution in [0.3, 0.4) is 0 Å². The quantitative estimate of drug-likeness (QED) is 0.414. The third-order valence-electron chi connectivity index (χ3n) is 2.33. The topological polar surface area (TPSA) is 26.3 Å². The second kappa shape index (κ2) is 6.11. The highest BCUT2D eigenvalue weighted by Crippen LogP contribution is 2.21. The van der Waals surface area contributed by atoms with E-state index in [1.807, 2.05) is 31.2 Å². The Balaban J connectivity index is 2.72. The third-order valence-corrected chi connectivity index (χ3v) is 2.33. The second-order valence-electron chi connectivity index (χ2n) is 3.84. The van der Waals surface area contributed by atoms with Crippen molar-refractivity contribution in [1.29, 1.82) is 0 Å². The van der Waals surface area contributed by atoms with E-state index >= 15 is 0 Å². The van der Waals surface area contributed by atoms with Crippen molar-refractivity contribution in [2.45, 2.75) is 26.7 Å². The van der Waals surface area contributed by atoms with Crippen LogP contribution < -0.4 is 4.74 Å². The van der Waals surface area contributed by atoms with Crippen LogP contribution in [0.25, 0.3) is 0 Å². The van der Waals surface area contributed by atoms with Gasteiger partial charge in [0.2, 0.25) is 0 Å². The van der Waals surface area contributed by atoms with E-state index in [4.69, 9.17) is 4.74 Å². The van der Waals surface area contributed by atoms with E-state index in [-0.39, 0.29) is 5.78 Å². The Morgan fingerprint density at radius 2 is 2.25 bits per heavy atom. The first-order chi connectivity index (χ1) is 7.65. The maximum Gasteiger partial charge on any atom is 0.163 e. The zero-order valence-corrected chi connectivity index (χ0v) is 9.95. The standard InChI is InChI=1S/C14H18O2/c1-4-5-6-9-16-14-10-11(2)7-8-13(14)12(3)15/h4,7-8,10H,1,5-6,9H2,2-3H3. The van der Waals surface area contributed by atoms with Gasteiger partial charge in [0.1, 0.15) is 5.75 Å². The van der Waals surface area contributed by atoms with Gasteiger partial charge in [-0.25, -0.2) is 0 Å². The molecule has 16 heavy (non-hydrogen) atoms. The molecule has 0 aliphatic heterocycles. The number of ketones is 1. The van der Waals surface area contributed by atoms with Crippen LogP contribution in [0.15, 0.2) is 30.9 Å². The normalized spacial score (nSPS) is 9.88. The summed E-state index contributed by atoms with van der Waals surface area (Å²) in [6, 6.07) is 5.65. The minimum absolute atomic E-state index is 0.0405. The lowest BCUT2D eigenvalue weighted by atomic mass is 10.1. The SMILES string of the molecule is C=CCCCOc1cc(C)ccc1C(C)=O. The van der Waals surface area contributed by atoms with E-state index in [0.29, 0.717) is 17.9 Å². The van der Waals surface area contributed by atoms with Gasteiger partial charge in [0, 0.05) is 0 Å². The highest BCUT2D eigenvalue weighted by molar-refractivity contribution is 5.96. The Bertz CT molecular complexity index is 380. The smallest absolute Gasteiger partial charge is 0.163 e. The Hall–Kier alpha value is -1.57. The summed E-state index contributed by atoms with van der Waals surface area (Å²) >= 11 is 0. The van der Waals surface area contributed by atoms with Gasteiger partial charge in [0.05, 0.1) is 12.2 Å². The molecule has 2 heteroatoms. The molecule has 0 spiro atoms. The van der Waals surface area contributed by atoms with Crippen molar-refractivity contribution in [3.63, 3.8) is 0 Å². The maximum atomic E-state index is 11.4. The minimum Gasteiger partial charge on any atom is -0.493 e. The molecule has 0 fully saturated rings. The van der Waals surface area contributed by atoms with Gasteiger partial charge in [-0.1, -0.05) is 12.1 Å². The van der Waals surface area contributed by atoms with Crippen LogP contribution in [-0.2, 0) is 0 Å². The van der Waals surface area contributed by atoms with Crippen LogP contribution >= 0.6 is 0 Å². The molecule has 0 N–H and O–H groups in total. The van der Waals surface area contributed by atoms with Crippen LogP contribution in [-0.4, -0.2) is 12.4 Å². The first kappa shape index (κ1) is 12.5. The lowest BCUT2D eigenvalue weighted by Gasteiger charge is -2.10. The number of Topliss-reactive ketones (excluding diaryl/α,β-unsaturated/α-hetero) is 1. The van der Waals surface area contributed by atoms with E-state index < -0.39 is 0 Å². The third kappa shape index (κ3) is 3.54. The summed E-state index contributed by atoms with van der Waals surface area (Å²) in [5.74, 6) is 0.732. The first-order valence-corrected chi connectivity index (χ1v) is 5.50. The van der Waals surface area contributed by atoms with Crippen LogP contribution in [0.1, 0.15) is 35.7 Å². The highest BCUT2D eigenvalue weighted by Gasteiger charge is 2.07. The van der Waals surface area contributed by atoms with Crippen molar-refractivity contribution in [3.8, 4) is 5.75 Å². The summed E-state index contributed by atoms with van der Waals surface area (Å²) in [6.07, 6.45) is 3.72. The first-order valence-electron chi connectivity index (χ1n) is 5.50. The summed E-state index contributed by atoms with van der Waals surface area (Å²) in [4.78, 5) is 11.4. The van der Waals surface area contributed by atoms with Gasteiger partial charge >= 0.3 is 0 Å². The average molecular weight is 218 g/mol. The molecular formula is C14H18O2. The zero-order valence-electron chi connectivity index (χ0n) is 9.95. The monoisotopic (exact) mass is 218 g/mol. The molecule has 0 bridgehead atoms. The van der Waals surface area contributed by atoms with Crippen molar-refractivity contribution in [3.05, 3.63) is 42.0 Å². The summed E-state index contributed by atoms with van der Waals surface area (Å²) in [7, 11) is 0. The van der Waals surface area contributed by atoms with Crippen molar-refractivity contribution >= 4 is 5.78 Å². The molecule has 0 saturated heterocycles. The second-order valence-corrected chi connectivity index (χ2v) is 3.84. The lowest BCUT2D eigenvalue weighted by Crippen LogP contribution is -2.03. The van der Waals surface area contributed by atoms with Crippen molar-refractivity contribution in [2.24, 2.45) is 0 Å². The fraction of sp³-hybridized carbons (Fsp3) is 0.357. The van der Waals surface area contributed by atoms with Crippen molar-refractivity contribution < 1.29 is 9.53 Å². The predicted octanol–water partition coefficient (Wildman–Crippen LogP) is 3.54. The Kier molecular flexibility index (Phi) is 4.77. The van der Waals surface area contributed by atoms with Gasteiger partial charge in [-0.3, -0.25) is 4.79 Å².